The Morgan fingerprint density at radius 1 is 1.16 bits per heavy atom. The molecule has 1 aromatic rings. The highest BCUT2D eigenvalue weighted by atomic mass is 16.5. The third kappa shape index (κ3) is 5.74. The molecule has 0 N–H and O–H groups in total. The van der Waals surface area contributed by atoms with Crippen LogP contribution in [0.4, 0.5) is 4.79 Å². The van der Waals surface area contributed by atoms with Crippen LogP contribution in [-0.4, -0.2) is 33.8 Å². The van der Waals surface area contributed by atoms with E-state index in [0.29, 0.717) is 12.5 Å². The summed E-state index contributed by atoms with van der Waals surface area (Å²) in [6, 6.07) is 2.18. The number of allylic oxidation sites excluding steroid dienone is 4. The Balaban J connectivity index is 1.70. The van der Waals surface area contributed by atoms with Crippen LogP contribution in [0.1, 0.15) is 114 Å². The van der Waals surface area contributed by atoms with Crippen LogP contribution in [0.2, 0.25) is 0 Å². The molecule has 5 atom stereocenters. The zero-order valence-corrected chi connectivity index (χ0v) is 28.7. The summed E-state index contributed by atoms with van der Waals surface area (Å²) in [4.78, 5) is 43.0. The van der Waals surface area contributed by atoms with Crippen molar-refractivity contribution in [1.82, 2.24) is 9.55 Å². The summed E-state index contributed by atoms with van der Waals surface area (Å²) >= 11 is 0. The van der Waals surface area contributed by atoms with Gasteiger partial charge in [-0.25, -0.2) is 14.3 Å². The van der Waals surface area contributed by atoms with Gasteiger partial charge in [0, 0.05) is 28.6 Å². The second-order valence-corrected chi connectivity index (χ2v) is 16.6. The molecule has 2 saturated carbocycles. The third-order valence-corrected chi connectivity index (χ3v) is 12.6. The normalized spacial score (nSPS) is 34.1. The molecule has 7 heteroatoms. The average molecular weight is 604 g/mol. The first kappa shape index (κ1) is 33.9. The Labute approximate surface area is 264 Å². The fraction of sp³-hybridized carbons (Fsp3) is 0.703. The van der Waals surface area contributed by atoms with Gasteiger partial charge in [0.2, 0.25) is 0 Å². The van der Waals surface area contributed by atoms with E-state index in [9.17, 15) is 19.6 Å². The van der Waals surface area contributed by atoms with Crippen LogP contribution in [-0.2, 0) is 14.3 Å². The molecule has 7 nitrogen and oxygen atoms in total. The zero-order valence-electron chi connectivity index (χ0n) is 28.7. The van der Waals surface area contributed by atoms with Crippen LogP contribution >= 0.6 is 0 Å². The van der Waals surface area contributed by atoms with Crippen molar-refractivity contribution in [2.24, 2.45) is 44.3 Å². The number of ether oxygens (including phenoxy) is 1. The minimum atomic E-state index is -0.705. The Hall–Kier alpha value is -3.01. The standard InChI is InChI=1S/C37H53N3O4/c1-25-20-32(3,4)13-15-37(25,23-44-31(43)40-18-17-39-24-40)16-14-33(5,6)36(10)12-11-28-34(7,8)30(42)27(22-38)21-35(28,9)29(36)19-26(2)41/h17-19,21,24-25,28H,11-16,20,23H2,1-10H3/b29-19-/t25?,28-,35-,36+,37+/m0/s1. The van der Waals surface area contributed by atoms with Crippen molar-refractivity contribution in [2.75, 3.05) is 6.61 Å². The summed E-state index contributed by atoms with van der Waals surface area (Å²) in [6.07, 6.45) is 14.5. The lowest BCUT2D eigenvalue weighted by molar-refractivity contribution is -0.131. The van der Waals surface area contributed by atoms with Crippen LogP contribution in [0, 0.1) is 55.7 Å². The summed E-state index contributed by atoms with van der Waals surface area (Å²) in [5, 5.41) is 9.96. The predicted octanol–water partition coefficient (Wildman–Crippen LogP) is 8.50. The van der Waals surface area contributed by atoms with E-state index in [1.807, 2.05) is 19.9 Å². The van der Waals surface area contributed by atoms with E-state index in [4.69, 9.17) is 4.74 Å². The Kier molecular flexibility index (Phi) is 8.79. The van der Waals surface area contributed by atoms with Crippen molar-refractivity contribution >= 4 is 17.7 Å². The number of hydrogen-bond acceptors (Lipinski definition) is 6. The third-order valence-electron chi connectivity index (χ3n) is 12.6. The van der Waals surface area contributed by atoms with Crippen LogP contribution in [0.15, 0.2) is 42.0 Å². The molecule has 4 rings (SSSR count). The van der Waals surface area contributed by atoms with E-state index in [0.717, 1.165) is 50.5 Å². The van der Waals surface area contributed by atoms with Crippen molar-refractivity contribution in [2.45, 2.75) is 114 Å². The number of hydrogen-bond donors (Lipinski definition) is 0. The molecule has 0 radical (unpaired) electrons. The van der Waals surface area contributed by atoms with E-state index in [-0.39, 0.29) is 44.7 Å². The highest BCUT2D eigenvalue weighted by Gasteiger charge is 2.61. The molecule has 2 fully saturated rings. The van der Waals surface area contributed by atoms with Gasteiger partial charge in [0.15, 0.2) is 11.6 Å². The zero-order chi connectivity index (χ0) is 32.9. The number of carbonyl (C=O) groups is 3. The molecule has 3 aliphatic carbocycles. The van der Waals surface area contributed by atoms with E-state index in [2.05, 4.69) is 59.5 Å². The maximum atomic E-state index is 13.3. The van der Waals surface area contributed by atoms with Gasteiger partial charge in [0.25, 0.3) is 0 Å². The lowest BCUT2D eigenvalue weighted by Crippen LogP contribution is -2.56. The van der Waals surface area contributed by atoms with Crippen LogP contribution in [0.5, 0.6) is 0 Å². The van der Waals surface area contributed by atoms with Crippen LogP contribution < -0.4 is 0 Å². The fourth-order valence-electron chi connectivity index (χ4n) is 9.24. The number of carbonyl (C=O) groups excluding carboxylic acids is 3. The lowest BCUT2D eigenvalue weighted by atomic mass is 9.42. The molecule has 1 aromatic heterocycles. The van der Waals surface area contributed by atoms with Gasteiger partial charge in [-0.2, -0.15) is 5.26 Å². The molecule has 0 saturated heterocycles. The number of nitrogens with zero attached hydrogens (tertiary/aromatic N) is 3. The Bertz CT molecular complexity index is 1410. The number of fused-ring (bicyclic) bond motifs is 1. The second-order valence-electron chi connectivity index (χ2n) is 16.6. The lowest BCUT2D eigenvalue weighted by Gasteiger charge is -2.61. The first-order valence-electron chi connectivity index (χ1n) is 16.3. The van der Waals surface area contributed by atoms with Gasteiger partial charge in [-0.1, -0.05) is 74.0 Å². The van der Waals surface area contributed by atoms with E-state index < -0.39 is 16.9 Å². The number of imidazole rings is 1. The molecule has 0 bridgehead atoms. The van der Waals surface area contributed by atoms with E-state index in [1.54, 1.807) is 25.4 Å². The molecule has 0 amide bonds. The Morgan fingerprint density at radius 2 is 1.84 bits per heavy atom. The monoisotopic (exact) mass is 603 g/mol. The molecule has 44 heavy (non-hydrogen) atoms. The predicted molar refractivity (Wildman–Crippen MR) is 171 cm³/mol. The quantitative estimate of drug-likeness (QED) is 0.290. The maximum Gasteiger partial charge on any atom is 0.419 e. The highest BCUT2D eigenvalue weighted by molar-refractivity contribution is 6.04. The summed E-state index contributed by atoms with van der Waals surface area (Å²) in [5.41, 5.74) is -0.599. The number of aromatic nitrogens is 2. The van der Waals surface area contributed by atoms with Gasteiger partial charge < -0.3 is 4.74 Å². The number of Topliss-reactive ketones (excluding diaryl/α,β-unsaturated/α-hetero) is 1. The van der Waals surface area contributed by atoms with Gasteiger partial charge in [0.05, 0.1) is 12.2 Å². The average Bonchev–Trinajstić information content (AvgIpc) is 3.47. The number of nitriles is 1. The molecule has 3 aliphatic rings. The van der Waals surface area contributed by atoms with Gasteiger partial charge >= 0.3 is 6.09 Å². The number of rotatable bonds is 7. The Morgan fingerprint density at radius 3 is 2.41 bits per heavy atom. The minimum Gasteiger partial charge on any atom is -0.448 e. The smallest absolute Gasteiger partial charge is 0.419 e. The molecule has 1 heterocycles. The SMILES string of the molecule is CC(=O)/C=C1/[C@@]2(C)C=C(C#N)C(=O)C(C)(C)[C@@H]2CC[C@@]1(C)C(C)(C)CC[C@@]1(COC(=O)n2ccnc2)CCC(C)(C)CC1C. The molecule has 0 aromatic carbocycles. The molecule has 1 unspecified atom stereocenters. The first-order chi connectivity index (χ1) is 20.2. The van der Waals surface area contributed by atoms with Crippen LogP contribution in [0.25, 0.3) is 0 Å². The van der Waals surface area contributed by atoms with E-state index in [1.165, 1.54) is 10.9 Å². The largest absolute Gasteiger partial charge is 0.448 e. The maximum absolute atomic E-state index is 13.3. The molecule has 240 valence electrons. The van der Waals surface area contributed by atoms with E-state index >= 15 is 0 Å². The second kappa shape index (κ2) is 11.4. The van der Waals surface area contributed by atoms with Crippen molar-refractivity contribution < 1.29 is 19.1 Å². The number of ketones is 2. The molecular weight excluding hydrogens is 550 g/mol. The fourth-order valence-corrected chi connectivity index (χ4v) is 9.24. The van der Waals surface area contributed by atoms with Crippen LogP contribution in [0.3, 0.4) is 0 Å². The van der Waals surface area contributed by atoms with Crippen molar-refractivity contribution in [1.29, 1.82) is 5.26 Å². The summed E-state index contributed by atoms with van der Waals surface area (Å²) in [7, 11) is 0. The van der Waals surface area contributed by atoms with Gasteiger partial charge in [-0.05, 0) is 86.0 Å². The minimum absolute atomic E-state index is 0.0106. The van der Waals surface area contributed by atoms with Crippen molar-refractivity contribution in [3.05, 3.63) is 42.0 Å². The first-order valence-corrected chi connectivity index (χ1v) is 16.3. The summed E-state index contributed by atoms with van der Waals surface area (Å²) in [6.45, 7) is 21.9. The summed E-state index contributed by atoms with van der Waals surface area (Å²) in [5.74, 6) is 0.228. The molecule has 0 spiro atoms. The topological polar surface area (TPSA) is 102 Å². The summed E-state index contributed by atoms with van der Waals surface area (Å²) < 4.78 is 7.36. The van der Waals surface area contributed by atoms with Gasteiger partial charge in [-0.3, -0.25) is 9.59 Å². The molecule has 0 aliphatic heterocycles. The van der Waals surface area contributed by atoms with Crippen molar-refractivity contribution in [3.8, 4) is 6.07 Å². The van der Waals surface area contributed by atoms with Crippen molar-refractivity contribution in [3.63, 3.8) is 0 Å². The van der Waals surface area contributed by atoms with Gasteiger partial charge in [-0.15, -0.1) is 0 Å². The van der Waals surface area contributed by atoms with Gasteiger partial charge in [0.1, 0.15) is 12.4 Å². The highest BCUT2D eigenvalue weighted by Crippen LogP contribution is 2.67. The molecular formula is C37H53N3O4.